The lowest BCUT2D eigenvalue weighted by molar-refractivity contribution is 0.583. The molecule has 1 heterocycles. The van der Waals surface area contributed by atoms with E-state index in [0.29, 0.717) is 19.0 Å². The van der Waals surface area contributed by atoms with Gasteiger partial charge < -0.3 is 11.1 Å². The number of nitrogens with two attached hydrogens (primary N) is 1. The molecule has 0 spiro atoms. The van der Waals surface area contributed by atoms with E-state index in [4.69, 9.17) is 5.73 Å². The van der Waals surface area contributed by atoms with Gasteiger partial charge >= 0.3 is 0 Å². The zero-order chi connectivity index (χ0) is 13.6. The molecule has 0 aromatic carbocycles. The van der Waals surface area contributed by atoms with Crippen molar-refractivity contribution in [3.8, 4) is 0 Å². The van der Waals surface area contributed by atoms with Crippen LogP contribution in [-0.4, -0.2) is 24.0 Å². The number of guanidine groups is 1. The average Bonchev–Trinajstić information content (AvgIpc) is 2.74. The quantitative estimate of drug-likeness (QED) is 0.487. The van der Waals surface area contributed by atoms with E-state index in [1.165, 1.54) is 5.01 Å². The monoisotopic (exact) mass is 266 g/mol. The Labute approximate surface area is 113 Å². The standard InChI is InChI=1S/C13H22N4S/c1-5-7-15-12(14)16-8-6-10-9-18-11(17-10)13(2,3)4/h5,9H,1,6-8H2,2-4H3,(H3,14,15,16). The van der Waals surface area contributed by atoms with Gasteiger partial charge in [-0.2, -0.15) is 0 Å². The molecule has 100 valence electrons. The second-order valence-electron chi connectivity index (χ2n) is 5.08. The Morgan fingerprint density at radius 3 is 2.89 bits per heavy atom. The van der Waals surface area contributed by atoms with Gasteiger partial charge in [0, 0.05) is 30.3 Å². The Bertz CT molecular complexity index is 415. The van der Waals surface area contributed by atoms with Gasteiger partial charge in [0.1, 0.15) is 0 Å². The summed E-state index contributed by atoms with van der Waals surface area (Å²) in [6.07, 6.45) is 2.57. The maximum absolute atomic E-state index is 5.67. The molecule has 0 bridgehead atoms. The maximum Gasteiger partial charge on any atom is 0.188 e. The van der Waals surface area contributed by atoms with Gasteiger partial charge in [0.2, 0.25) is 0 Å². The van der Waals surface area contributed by atoms with E-state index >= 15 is 0 Å². The van der Waals surface area contributed by atoms with Crippen molar-refractivity contribution < 1.29 is 0 Å². The van der Waals surface area contributed by atoms with Crippen LogP contribution in [0.4, 0.5) is 0 Å². The summed E-state index contributed by atoms with van der Waals surface area (Å²) in [4.78, 5) is 8.84. The summed E-state index contributed by atoms with van der Waals surface area (Å²) < 4.78 is 0. The number of nitrogens with zero attached hydrogens (tertiary/aromatic N) is 2. The van der Waals surface area contributed by atoms with Crippen LogP contribution < -0.4 is 11.1 Å². The summed E-state index contributed by atoms with van der Waals surface area (Å²) in [7, 11) is 0. The number of aromatic nitrogens is 1. The van der Waals surface area contributed by atoms with Gasteiger partial charge in [-0.05, 0) is 0 Å². The molecule has 1 aromatic heterocycles. The minimum absolute atomic E-state index is 0.122. The largest absolute Gasteiger partial charge is 0.370 e. The van der Waals surface area contributed by atoms with E-state index in [1.807, 2.05) is 0 Å². The Morgan fingerprint density at radius 1 is 1.61 bits per heavy atom. The zero-order valence-electron chi connectivity index (χ0n) is 11.4. The molecule has 18 heavy (non-hydrogen) atoms. The molecule has 1 aromatic rings. The predicted molar refractivity (Wildman–Crippen MR) is 79.2 cm³/mol. The van der Waals surface area contributed by atoms with Crippen LogP contribution in [0.5, 0.6) is 0 Å². The van der Waals surface area contributed by atoms with Crippen molar-refractivity contribution in [3.63, 3.8) is 0 Å². The van der Waals surface area contributed by atoms with E-state index < -0.39 is 0 Å². The van der Waals surface area contributed by atoms with E-state index in [-0.39, 0.29) is 5.41 Å². The molecule has 0 aliphatic rings. The highest BCUT2D eigenvalue weighted by Crippen LogP contribution is 2.25. The molecule has 0 saturated heterocycles. The summed E-state index contributed by atoms with van der Waals surface area (Å²) in [5, 5.41) is 6.21. The van der Waals surface area contributed by atoms with E-state index in [9.17, 15) is 0 Å². The third-order valence-corrected chi connectivity index (χ3v) is 3.59. The molecule has 0 fully saturated rings. The van der Waals surface area contributed by atoms with Crippen LogP contribution in [-0.2, 0) is 11.8 Å². The number of aliphatic imine (C=N–C) groups is 1. The number of hydrogen-bond donors (Lipinski definition) is 2. The number of nitrogens with one attached hydrogen (secondary N) is 1. The molecule has 0 aliphatic heterocycles. The first-order chi connectivity index (χ1) is 8.43. The number of thiazole rings is 1. The minimum Gasteiger partial charge on any atom is -0.370 e. The van der Waals surface area contributed by atoms with Crippen molar-refractivity contribution >= 4 is 17.3 Å². The molecular formula is C13H22N4S. The van der Waals surface area contributed by atoms with Crippen LogP contribution in [0, 0.1) is 0 Å². The zero-order valence-corrected chi connectivity index (χ0v) is 12.2. The molecule has 3 N–H and O–H groups in total. The third-order valence-electron chi connectivity index (χ3n) is 2.27. The highest BCUT2D eigenvalue weighted by molar-refractivity contribution is 7.09. The fraction of sp³-hybridized carbons (Fsp3) is 0.538. The second kappa shape index (κ2) is 6.54. The van der Waals surface area contributed by atoms with Gasteiger partial charge in [-0.1, -0.05) is 26.8 Å². The van der Waals surface area contributed by atoms with Gasteiger partial charge in [0.05, 0.1) is 10.7 Å². The topological polar surface area (TPSA) is 63.3 Å². The number of hydrogen-bond acceptors (Lipinski definition) is 3. The Hall–Kier alpha value is -1.36. The fourth-order valence-electron chi connectivity index (χ4n) is 1.29. The Balaban J connectivity index is 2.44. The molecule has 0 aliphatic carbocycles. The van der Waals surface area contributed by atoms with Crippen LogP contribution in [0.3, 0.4) is 0 Å². The minimum atomic E-state index is 0.122. The molecule has 0 saturated carbocycles. The summed E-state index contributed by atoms with van der Waals surface area (Å²) in [5.74, 6) is 0.459. The van der Waals surface area contributed by atoms with Crippen molar-refractivity contribution in [2.24, 2.45) is 10.7 Å². The van der Waals surface area contributed by atoms with E-state index in [2.05, 4.69) is 48.0 Å². The van der Waals surface area contributed by atoms with Crippen LogP contribution in [0.15, 0.2) is 23.0 Å². The molecule has 4 nitrogen and oxygen atoms in total. The first kappa shape index (κ1) is 14.7. The van der Waals surface area contributed by atoms with Gasteiger partial charge in [-0.25, -0.2) is 4.98 Å². The Morgan fingerprint density at radius 2 is 2.33 bits per heavy atom. The lowest BCUT2D eigenvalue weighted by atomic mass is 9.98. The first-order valence-electron chi connectivity index (χ1n) is 6.03. The highest BCUT2D eigenvalue weighted by atomic mass is 32.1. The summed E-state index contributed by atoms with van der Waals surface area (Å²) in [6.45, 7) is 11.4. The molecule has 0 radical (unpaired) electrons. The first-order valence-corrected chi connectivity index (χ1v) is 6.91. The van der Waals surface area contributed by atoms with Crippen molar-refractivity contribution in [1.29, 1.82) is 0 Å². The normalized spacial score (nSPS) is 12.5. The molecule has 5 heteroatoms. The van der Waals surface area contributed by atoms with Crippen LogP contribution in [0.2, 0.25) is 0 Å². The lowest BCUT2D eigenvalue weighted by Crippen LogP contribution is -2.31. The average molecular weight is 266 g/mol. The Kier molecular flexibility index (Phi) is 5.34. The van der Waals surface area contributed by atoms with Gasteiger partial charge in [-0.3, -0.25) is 4.99 Å². The summed E-state index contributed by atoms with van der Waals surface area (Å²) in [6, 6.07) is 0. The molecule has 0 unspecified atom stereocenters. The summed E-state index contributed by atoms with van der Waals surface area (Å²) >= 11 is 1.71. The van der Waals surface area contributed by atoms with Crippen LogP contribution in [0.25, 0.3) is 0 Å². The SMILES string of the molecule is C=CCNC(N)=NCCc1csc(C(C)(C)C)n1. The molecular weight excluding hydrogens is 244 g/mol. The van der Waals surface area contributed by atoms with Gasteiger partial charge in [-0.15, -0.1) is 17.9 Å². The number of rotatable bonds is 5. The van der Waals surface area contributed by atoms with Crippen molar-refractivity contribution in [1.82, 2.24) is 10.3 Å². The van der Waals surface area contributed by atoms with Crippen molar-refractivity contribution in [3.05, 3.63) is 28.7 Å². The summed E-state index contributed by atoms with van der Waals surface area (Å²) in [5.41, 5.74) is 6.88. The van der Waals surface area contributed by atoms with Crippen LogP contribution in [0.1, 0.15) is 31.5 Å². The molecule has 1 rings (SSSR count). The van der Waals surface area contributed by atoms with E-state index in [0.717, 1.165) is 12.1 Å². The molecule has 0 amide bonds. The third kappa shape index (κ3) is 4.87. The van der Waals surface area contributed by atoms with E-state index in [1.54, 1.807) is 17.4 Å². The highest BCUT2D eigenvalue weighted by Gasteiger charge is 2.17. The maximum atomic E-state index is 5.67. The van der Waals surface area contributed by atoms with Gasteiger partial charge in [0.15, 0.2) is 5.96 Å². The van der Waals surface area contributed by atoms with Crippen molar-refractivity contribution in [2.45, 2.75) is 32.6 Å². The smallest absolute Gasteiger partial charge is 0.188 e. The predicted octanol–water partition coefficient (Wildman–Crippen LogP) is 2.07. The van der Waals surface area contributed by atoms with Gasteiger partial charge in [0.25, 0.3) is 0 Å². The second-order valence-corrected chi connectivity index (χ2v) is 5.94. The molecule has 0 atom stereocenters. The van der Waals surface area contributed by atoms with Crippen molar-refractivity contribution in [2.75, 3.05) is 13.1 Å². The van der Waals surface area contributed by atoms with Crippen LogP contribution >= 0.6 is 11.3 Å². The lowest BCUT2D eigenvalue weighted by Gasteiger charge is -2.13. The fourth-order valence-corrected chi connectivity index (χ4v) is 2.23.